The van der Waals surface area contributed by atoms with Crippen molar-refractivity contribution in [2.75, 3.05) is 39.8 Å². The van der Waals surface area contributed by atoms with Crippen LogP contribution in [0.15, 0.2) is 73.1 Å². The summed E-state index contributed by atoms with van der Waals surface area (Å²) in [6, 6.07) is 20.0. The van der Waals surface area contributed by atoms with Crippen LogP contribution >= 0.6 is 0 Å². The van der Waals surface area contributed by atoms with Crippen molar-refractivity contribution in [1.82, 2.24) is 14.4 Å². The molecular formula is C24H27N3O2. The fourth-order valence-electron chi connectivity index (χ4n) is 3.83. The number of benzene rings is 2. The van der Waals surface area contributed by atoms with Crippen LogP contribution in [0.2, 0.25) is 0 Å². The van der Waals surface area contributed by atoms with Crippen LogP contribution in [-0.4, -0.2) is 60.1 Å². The summed E-state index contributed by atoms with van der Waals surface area (Å²) in [4.78, 5) is 17.2. The van der Waals surface area contributed by atoms with Gasteiger partial charge in [-0.1, -0.05) is 18.2 Å². The maximum Gasteiger partial charge on any atom is 0.253 e. The van der Waals surface area contributed by atoms with Crippen LogP contribution in [0.25, 0.3) is 5.69 Å². The van der Waals surface area contributed by atoms with Crippen molar-refractivity contribution in [2.45, 2.75) is 6.42 Å². The summed E-state index contributed by atoms with van der Waals surface area (Å²) in [6.07, 6.45) is 4.96. The number of piperazine rings is 1. The number of carbonyl (C=O) groups excluding carboxylic acids is 1. The van der Waals surface area contributed by atoms with Crippen LogP contribution in [0, 0.1) is 0 Å². The van der Waals surface area contributed by atoms with E-state index in [0.29, 0.717) is 0 Å². The van der Waals surface area contributed by atoms with Gasteiger partial charge in [0.05, 0.1) is 7.11 Å². The lowest BCUT2D eigenvalue weighted by Gasteiger charge is -2.35. The highest BCUT2D eigenvalue weighted by atomic mass is 16.5. The molecule has 0 unspecified atom stereocenters. The standard InChI is InChI=1S/C24H27N3O2/c1-29-23-7-3-2-6-20(23)12-15-25-16-18-27(19-17-25)24(28)21-8-10-22(11-9-21)26-13-4-5-14-26/h2-11,13-14H,12,15-19H2,1H3. The van der Waals surface area contributed by atoms with E-state index in [-0.39, 0.29) is 5.91 Å². The first-order chi connectivity index (χ1) is 14.2. The van der Waals surface area contributed by atoms with Gasteiger partial charge in [-0.2, -0.15) is 0 Å². The SMILES string of the molecule is COc1ccccc1CCN1CCN(C(=O)c2ccc(-n3cccc3)cc2)CC1. The number of ether oxygens (including phenoxy) is 1. The molecule has 5 nitrogen and oxygen atoms in total. The zero-order valence-corrected chi connectivity index (χ0v) is 16.8. The number of aromatic nitrogens is 1. The lowest BCUT2D eigenvalue weighted by atomic mass is 10.1. The van der Waals surface area contributed by atoms with E-state index in [1.807, 2.05) is 70.4 Å². The molecule has 1 aliphatic heterocycles. The average molecular weight is 389 g/mol. The lowest BCUT2D eigenvalue weighted by Crippen LogP contribution is -2.49. The summed E-state index contributed by atoms with van der Waals surface area (Å²) in [6.45, 7) is 4.33. The Morgan fingerprint density at radius 1 is 0.897 bits per heavy atom. The van der Waals surface area contributed by atoms with E-state index in [0.717, 1.165) is 56.1 Å². The fraction of sp³-hybridized carbons (Fsp3) is 0.292. The van der Waals surface area contributed by atoms with E-state index in [9.17, 15) is 4.79 Å². The Labute approximate surface area is 172 Å². The quantitative estimate of drug-likeness (QED) is 0.648. The average Bonchev–Trinajstić information content (AvgIpc) is 3.33. The number of nitrogens with zero attached hydrogens (tertiary/aromatic N) is 3. The monoisotopic (exact) mass is 389 g/mol. The van der Waals surface area contributed by atoms with E-state index in [1.165, 1.54) is 5.56 Å². The molecule has 1 aromatic heterocycles. The van der Waals surface area contributed by atoms with Crippen LogP contribution in [0.4, 0.5) is 0 Å². The molecule has 0 spiro atoms. The Morgan fingerprint density at radius 2 is 1.59 bits per heavy atom. The van der Waals surface area contributed by atoms with Crippen molar-refractivity contribution in [1.29, 1.82) is 0 Å². The van der Waals surface area contributed by atoms with Crippen molar-refractivity contribution < 1.29 is 9.53 Å². The minimum atomic E-state index is 0.119. The molecule has 1 amide bonds. The second-order valence-electron chi connectivity index (χ2n) is 7.33. The van der Waals surface area contributed by atoms with Crippen LogP contribution in [0.3, 0.4) is 0 Å². The van der Waals surface area contributed by atoms with E-state index in [2.05, 4.69) is 17.0 Å². The first-order valence-corrected chi connectivity index (χ1v) is 10.1. The number of para-hydroxylation sites is 1. The molecule has 0 bridgehead atoms. The molecule has 0 atom stereocenters. The largest absolute Gasteiger partial charge is 0.496 e. The molecule has 0 N–H and O–H groups in total. The van der Waals surface area contributed by atoms with Crippen molar-refractivity contribution in [3.8, 4) is 11.4 Å². The summed E-state index contributed by atoms with van der Waals surface area (Å²) in [5.41, 5.74) is 3.05. The first kappa shape index (κ1) is 19.3. The molecule has 1 fully saturated rings. The highest BCUT2D eigenvalue weighted by molar-refractivity contribution is 5.94. The zero-order chi connectivity index (χ0) is 20.1. The van der Waals surface area contributed by atoms with Gasteiger partial charge in [-0.3, -0.25) is 9.69 Å². The number of hydrogen-bond donors (Lipinski definition) is 0. The summed E-state index contributed by atoms with van der Waals surface area (Å²) in [7, 11) is 1.72. The van der Waals surface area contributed by atoms with Gasteiger partial charge in [0.15, 0.2) is 0 Å². The van der Waals surface area contributed by atoms with Crippen molar-refractivity contribution in [3.05, 3.63) is 84.2 Å². The molecule has 150 valence electrons. The lowest BCUT2D eigenvalue weighted by molar-refractivity contribution is 0.0638. The molecule has 2 aromatic carbocycles. The second kappa shape index (κ2) is 8.97. The normalized spacial score (nSPS) is 14.7. The number of rotatable bonds is 6. The van der Waals surface area contributed by atoms with Gasteiger partial charge in [0, 0.05) is 56.4 Å². The van der Waals surface area contributed by atoms with Crippen LogP contribution < -0.4 is 4.74 Å². The van der Waals surface area contributed by atoms with E-state index in [1.54, 1.807) is 7.11 Å². The third-order valence-corrected chi connectivity index (χ3v) is 5.57. The van der Waals surface area contributed by atoms with Crippen molar-refractivity contribution in [3.63, 3.8) is 0 Å². The predicted molar refractivity (Wildman–Crippen MR) is 115 cm³/mol. The highest BCUT2D eigenvalue weighted by Crippen LogP contribution is 2.19. The molecule has 0 radical (unpaired) electrons. The molecule has 5 heteroatoms. The molecule has 0 aliphatic carbocycles. The highest BCUT2D eigenvalue weighted by Gasteiger charge is 2.22. The third kappa shape index (κ3) is 4.51. The Kier molecular flexibility index (Phi) is 5.96. The molecule has 29 heavy (non-hydrogen) atoms. The number of methoxy groups -OCH3 is 1. The topological polar surface area (TPSA) is 37.7 Å². The Morgan fingerprint density at radius 3 is 2.28 bits per heavy atom. The second-order valence-corrected chi connectivity index (χ2v) is 7.33. The predicted octanol–water partition coefficient (Wildman–Crippen LogP) is 3.49. The zero-order valence-electron chi connectivity index (χ0n) is 16.8. The molecule has 4 rings (SSSR count). The Hall–Kier alpha value is -3.05. The van der Waals surface area contributed by atoms with Crippen LogP contribution in [0.1, 0.15) is 15.9 Å². The summed E-state index contributed by atoms with van der Waals surface area (Å²) >= 11 is 0. The van der Waals surface area contributed by atoms with Gasteiger partial charge >= 0.3 is 0 Å². The van der Waals surface area contributed by atoms with Gasteiger partial charge in [0.2, 0.25) is 0 Å². The Bertz CT molecular complexity index is 927. The minimum Gasteiger partial charge on any atom is -0.496 e. The molecule has 1 saturated heterocycles. The smallest absolute Gasteiger partial charge is 0.253 e. The molecule has 3 aromatic rings. The summed E-state index contributed by atoms with van der Waals surface area (Å²) in [5.74, 6) is 1.07. The van der Waals surface area contributed by atoms with Crippen molar-refractivity contribution in [2.24, 2.45) is 0 Å². The van der Waals surface area contributed by atoms with E-state index >= 15 is 0 Å². The molecule has 1 aliphatic rings. The number of carbonyl (C=O) groups is 1. The Balaban J connectivity index is 1.29. The molecular weight excluding hydrogens is 362 g/mol. The first-order valence-electron chi connectivity index (χ1n) is 10.1. The van der Waals surface area contributed by atoms with Gasteiger partial charge in [-0.05, 0) is 54.4 Å². The van der Waals surface area contributed by atoms with Crippen molar-refractivity contribution >= 4 is 5.91 Å². The summed E-state index contributed by atoms with van der Waals surface area (Å²) in [5, 5.41) is 0. The van der Waals surface area contributed by atoms with Crippen LogP contribution in [0.5, 0.6) is 5.75 Å². The van der Waals surface area contributed by atoms with Gasteiger partial charge in [-0.15, -0.1) is 0 Å². The van der Waals surface area contributed by atoms with Gasteiger partial charge in [0.25, 0.3) is 5.91 Å². The van der Waals surface area contributed by atoms with Gasteiger partial charge < -0.3 is 14.2 Å². The molecule has 0 saturated carbocycles. The van der Waals surface area contributed by atoms with Gasteiger partial charge in [0.1, 0.15) is 5.75 Å². The maximum atomic E-state index is 12.9. The van der Waals surface area contributed by atoms with Crippen LogP contribution in [-0.2, 0) is 6.42 Å². The van der Waals surface area contributed by atoms with E-state index in [4.69, 9.17) is 4.74 Å². The number of amides is 1. The number of hydrogen-bond acceptors (Lipinski definition) is 3. The maximum absolute atomic E-state index is 12.9. The fourth-order valence-corrected chi connectivity index (χ4v) is 3.83. The molecule has 2 heterocycles. The van der Waals surface area contributed by atoms with E-state index < -0.39 is 0 Å². The third-order valence-electron chi connectivity index (χ3n) is 5.57. The summed E-state index contributed by atoms with van der Waals surface area (Å²) < 4.78 is 7.48. The minimum absolute atomic E-state index is 0.119. The van der Waals surface area contributed by atoms with Gasteiger partial charge in [-0.25, -0.2) is 0 Å².